The molecule has 0 radical (unpaired) electrons. The van der Waals surface area contributed by atoms with Crippen molar-refractivity contribution in [2.75, 3.05) is 7.05 Å². The van der Waals surface area contributed by atoms with E-state index in [9.17, 15) is 13.2 Å². The van der Waals surface area contributed by atoms with Crippen LogP contribution in [0.5, 0.6) is 0 Å². The van der Waals surface area contributed by atoms with Crippen LogP contribution in [0.4, 0.5) is 13.2 Å². The van der Waals surface area contributed by atoms with Crippen molar-refractivity contribution in [1.29, 1.82) is 0 Å². The van der Waals surface area contributed by atoms with E-state index in [-0.39, 0.29) is 11.6 Å². The van der Waals surface area contributed by atoms with Gasteiger partial charge in [0.1, 0.15) is 5.82 Å². The summed E-state index contributed by atoms with van der Waals surface area (Å²) in [6, 6.07) is 1.08. The highest BCUT2D eigenvalue weighted by atomic mass is 19.2. The molecular formula is C9H10F3N. The summed E-state index contributed by atoms with van der Waals surface area (Å²) in [4.78, 5) is 0. The predicted octanol–water partition coefficient (Wildman–Crippen LogP) is 2.38. The maximum absolute atomic E-state index is 13.0. The Bertz CT molecular complexity index is 312. The number of rotatable bonds is 2. The third kappa shape index (κ3) is 2.01. The van der Waals surface area contributed by atoms with Crippen LogP contribution in [0.3, 0.4) is 0 Å². The minimum atomic E-state index is -1.16. The lowest BCUT2D eigenvalue weighted by molar-refractivity contribution is 0.480. The molecule has 1 rings (SSSR count). The van der Waals surface area contributed by atoms with Gasteiger partial charge in [0.15, 0.2) is 11.6 Å². The van der Waals surface area contributed by atoms with Crippen LogP contribution in [-0.2, 0) is 0 Å². The highest BCUT2D eigenvalue weighted by Gasteiger charge is 2.13. The van der Waals surface area contributed by atoms with Crippen LogP contribution in [0.1, 0.15) is 18.5 Å². The van der Waals surface area contributed by atoms with Crippen molar-refractivity contribution in [2.24, 2.45) is 0 Å². The zero-order valence-corrected chi connectivity index (χ0v) is 7.37. The first-order chi connectivity index (χ1) is 6.06. The standard InChI is InChI=1S/C9H10F3N/c1-5(13-2)6-3-8(11)9(12)4-7(6)10/h3-5,13H,1-2H3. The van der Waals surface area contributed by atoms with Crippen molar-refractivity contribution >= 4 is 0 Å². The predicted molar refractivity (Wildman–Crippen MR) is 43.8 cm³/mol. The second kappa shape index (κ2) is 3.79. The summed E-state index contributed by atoms with van der Waals surface area (Å²) < 4.78 is 38.2. The van der Waals surface area contributed by atoms with Crippen LogP contribution in [0, 0.1) is 17.5 Å². The van der Waals surface area contributed by atoms with E-state index in [0.29, 0.717) is 6.07 Å². The van der Waals surface area contributed by atoms with Crippen molar-refractivity contribution < 1.29 is 13.2 Å². The lowest BCUT2D eigenvalue weighted by atomic mass is 10.1. The van der Waals surface area contributed by atoms with Crippen LogP contribution < -0.4 is 5.32 Å². The molecule has 0 aliphatic carbocycles. The fourth-order valence-corrected chi connectivity index (χ4v) is 1.03. The third-order valence-electron chi connectivity index (χ3n) is 1.94. The van der Waals surface area contributed by atoms with Crippen LogP contribution in [0.25, 0.3) is 0 Å². The SMILES string of the molecule is CNC(C)c1cc(F)c(F)cc1F. The van der Waals surface area contributed by atoms with Gasteiger partial charge in [-0.25, -0.2) is 13.2 Å². The van der Waals surface area contributed by atoms with Crippen molar-refractivity contribution in [1.82, 2.24) is 5.32 Å². The Morgan fingerprint density at radius 2 is 1.62 bits per heavy atom. The number of hydrogen-bond acceptors (Lipinski definition) is 1. The first kappa shape index (κ1) is 10.1. The molecule has 0 heterocycles. The molecule has 1 unspecified atom stereocenters. The molecule has 0 saturated heterocycles. The summed E-state index contributed by atoms with van der Waals surface area (Å²) in [6.07, 6.45) is 0. The molecule has 0 aliphatic rings. The summed E-state index contributed by atoms with van der Waals surface area (Å²) in [6.45, 7) is 1.66. The Morgan fingerprint density at radius 1 is 1.08 bits per heavy atom. The zero-order chi connectivity index (χ0) is 10.0. The maximum Gasteiger partial charge on any atom is 0.161 e. The molecule has 0 amide bonds. The Hall–Kier alpha value is -1.03. The van der Waals surface area contributed by atoms with Gasteiger partial charge in [0, 0.05) is 17.7 Å². The van der Waals surface area contributed by atoms with Crippen molar-refractivity contribution in [3.05, 3.63) is 35.1 Å². The van der Waals surface area contributed by atoms with E-state index in [1.54, 1.807) is 14.0 Å². The Morgan fingerprint density at radius 3 is 2.15 bits per heavy atom. The average Bonchev–Trinajstić information content (AvgIpc) is 2.10. The molecule has 0 fully saturated rings. The maximum atomic E-state index is 13.0. The highest BCUT2D eigenvalue weighted by Crippen LogP contribution is 2.19. The molecule has 0 spiro atoms. The fraction of sp³-hybridized carbons (Fsp3) is 0.333. The van der Waals surface area contributed by atoms with Gasteiger partial charge >= 0.3 is 0 Å². The Balaban J connectivity index is 3.15. The van der Waals surface area contributed by atoms with Crippen molar-refractivity contribution in [3.8, 4) is 0 Å². The molecule has 0 aromatic heterocycles. The van der Waals surface area contributed by atoms with Gasteiger partial charge in [-0.2, -0.15) is 0 Å². The third-order valence-corrected chi connectivity index (χ3v) is 1.94. The van der Waals surface area contributed by atoms with E-state index in [0.717, 1.165) is 6.07 Å². The molecule has 1 aromatic rings. The van der Waals surface area contributed by atoms with E-state index in [1.807, 2.05) is 0 Å². The number of nitrogens with one attached hydrogen (secondary N) is 1. The van der Waals surface area contributed by atoms with E-state index in [1.165, 1.54) is 0 Å². The molecule has 0 saturated carbocycles. The van der Waals surface area contributed by atoms with Gasteiger partial charge in [-0.05, 0) is 20.0 Å². The highest BCUT2D eigenvalue weighted by molar-refractivity contribution is 5.22. The van der Waals surface area contributed by atoms with Gasteiger partial charge in [-0.1, -0.05) is 0 Å². The molecule has 1 aromatic carbocycles. The van der Waals surface area contributed by atoms with Gasteiger partial charge in [0.05, 0.1) is 0 Å². The van der Waals surface area contributed by atoms with E-state index in [4.69, 9.17) is 0 Å². The van der Waals surface area contributed by atoms with E-state index in [2.05, 4.69) is 5.32 Å². The molecule has 0 bridgehead atoms. The molecule has 1 atom stereocenters. The Kier molecular flexibility index (Phi) is 2.93. The number of halogens is 3. The molecule has 13 heavy (non-hydrogen) atoms. The summed E-state index contributed by atoms with van der Waals surface area (Å²) >= 11 is 0. The van der Waals surface area contributed by atoms with Gasteiger partial charge < -0.3 is 5.32 Å². The van der Waals surface area contributed by atoms with Crippen LogP contribution in [0.2, 0.25) is 0 Å². The first-order valence-corrected chi connectivity index (χ1v) is 3.88. The normalized spacial score (nSPS) is 13.0. The Labute approximate surface area is 74.6 Å². The second-order valence-corrected chi connectivity index (χ2v) is 2.80. The van der Waals surface area contributed by atoms with Crippen LogP contribution in [0.15, 0.2) is 12.1 Å². The molecular weight excluding hydrogens is 179 g/mol. The van der Waals surface area contributed by atoms with E-state index >= 15 is 0 Å². The molecule has 4 heteroatoms. The minimum absolute atomic E-state index is 0.126. The van der Waals surface area contributed by atoms with Crippen LogP contribution >= 0.6 is 0 Å². The smallest absolute Gasteiger partial charge is 0.161 e. The summed E-state index contributed by atoms with van der Waals surface area (Å²) in [5.74, 6) is -2.93. The van der Waals surface area contributed by atoms with Crippen LogP contribution in [-0.4, -0.2) is 7.05 Å². The number of hydrogen-bond donors (Lipinski definition) is 1. The first-order valence-electron chi connectivity index (χ1n) is 3.88. The summed E-state index contributed by atoms with van der Waals surface area (Å²) in [7, 11) is 1.62. The average molecular weight is 189 g/mol. The second-order valence-electron chi connectivity index (χ2n) is 2.80. The molecule has 72 valence electrons. The largest absolute Gasteiger partial charge is 0.313 e. The van der Waals surface area contributed by atoms with Crippen molar-refractivity contribution in [3.63, 3.8) is 0 Å². The summed E-state index contributed by atoms with van der Waals surface area (Å²) in [5, 5.41) is 2.74. The summed E-state index contributed by atoms with van der Waals surface area (Å²) in [5.41, 5.74) is 0.126. The molecule has 1 nitrogen and oxygen atoms in total. The fourth-order valence-electron chi connectivity index (χ4n) is 1.03. The molecule has 0 aliphatic heterocycles. The topological polar surface area (TPSA) is 12.0 Å². The van der Waals surface area contributed by atoms with Crippen molar-refractivity contribution in [2.45, 2.75) is 13.0 Å². The lowest BCUT2D eigenvalue weighted by Gasteiger charge is -2.11. The van der Waals surface area contributed by atoms with E-state index < -0.39 is 17.5 Å². The zero-order valence-electron chi connectivity index (χ0n) is 7.37. The molecule has 1 N–H and O–H groups in total. The van der Waals surface area contributed by atoms with Gasteiger partial charge in [0.25, 0.3) is 0 Å². The number of benzene rings is 1. The monoisotopic (exact) mass is 189 g/mol. The quantitative estimate of drug-likeness (QED) is 0.704. The minimum Gasteiger partial charge on any atom is -0.313 e. The van der Waals surface area contributed by atoms with Gasteiger partial charge in [0.2, 0.25) is 0 Å². The van der Waals surface area contributed by atoms with Gasteiger partial charge in [-0.3, -0.25) is 0 Å². The lowest BCUT2D eigenvalue weighted by Crippen LogP contribution is -2.14. The van der Waals surface area contributed by atoms with Gasteiger partial charge in [-0.15, -0.1) is 0 Å².